The summed E-state index contributed by atoms with van der Waals surface area (Å²) in [7, 11) is -0.0134. The standard InChI is InChI=1S/C14H17N3O3S/c1-17(2)12-7-3-6-11-10(12)5-4-8-13(11)21(19,20)16-9-14(15)18/h3-8,16H,9H2,1-2H3,(H2,15,18). The van der Waals surface area contributed by atoms with Crippen molar-refractivity contribution < 1.29 is 13.2 Å². The average Bonchev–Trinajstić information content (AvgIpc) is 2.43. The van der Waals surface area contributed by atoms with E-state index in [1.165, 1.54) is 6.07 Å². The molecule has 0 spiro atoms. The third-order valence-electron chi connectivity index (χ3n) is 3.07. The van der Waals surface area contributed by atoms with Crippen LogP contribution in [0.15, 0.2) is 41.3 Å². The molecule has 0 fully saturated rings. The summed E-state index contributed by atoms with van der Waals surface area (Å²) in [6.07, 6.45) is 0. The van der Waals surface area contributed by atoms with Crippen molar-refractivity contribution in [1.29, 1.82) is 0 Å². The minimum atomic E-state index is -3.79. The summed E-state index contributed by atoms with van der Waals surface area (Å²) in [6.45, 7) is -0.425. The Morgan fingerprint density at radius 2 is 1.76 bits per heavy atom. The largest absolute Gasteiger partial charge is 0.377 e. The molecular formula is C14H17N3O3S. The lowest BCUT2D eigenvalue weighted by molar-refractivity contribution is -0.116. The highest BCUT2D eigenvalue weighted by Gasteiger charge is 2.18. The van der Waals surface area contributed by atoms with Crippen molar-refractivity contribution in [3.8, 4) is 0 Å². The molecule has 0 aliphatic rings. The summed E-state index contributed by atoms with van der Waals surface area (Å²) in [6, 6.07) is 10.5. The number of anilines is 1. The number of hydrogen-bond acceptors (Lipinski definition) is 4. The zero-order valence-electron chi connectivity index (χ0n) is 11.8. The van der Waals surface area contributed by atoms with Crippen molar-refractivity contribution in [3.05, 3.63) is 36.4 Å². The number of nitrogens with zero attached hydrogens (tertiary/aromatic N) is 1. The molecule has 21 heavy (non-hydrogen) atoms. The molecule has 0 atom stereocenters. The zero-order chi connectivity index (χ0) is 15.6. The summed E-state index contributed by atoms with van der Waals surface area (Å²) in [5, 5.41) is 1.42. The number of carbonyl (C=O) groups excluding carboxylic acids is 1. The topological polar surface area (TPSA) is 92.5 Å². The number of nitrogens with two attached hydrogens (primary N) is 1. The fourth-order valence-corrected chi connectivity index (χ4v) is 3.35. The molecule has 0 unspecified atom stereocenters. The van der Waals surface area contributed by atoms with Crippen LogP contribution in [0, 0.1) is 0 Å². The number of amides is 1. The first-order valence-corrected chi connectivity index (χ1v) is 7.78. The first-order valence-electron chi connectivity index (χ1n) is 6.30. The molecule has 1 amide bonds. The molecule has 0 aliphatic heterocycles. The Hall–Kier alpha value is -2.12. The van der Waals surface area contributed by atoms with Crippen molar-refractivity contribution in [2.75, 3.05) is 25.5 Å². The van der Waals surface area contributed by atoms with Crippen molar-refractivity contribution in [3.63, 3.8) is 0 Å². The lowest BCUT2D eigenvalue weighted by Crippen LogP contribution is -2.33. The fourth-order valence-electron chi connectivity index (χ4n) is 2.13. The van der Waals surface area contributed by atoms with Gasteiger partial charge in [0.25, 0.3) is 0 Å². The van der Waals surface area contributed by atoms with Gasteiger partial charge >= 0.3 is 0 Å². The van der Waals surface area contributed by atoms with Crippen molar-refractivity contribution in [1.82, 2.24) is 4.72 Å². The average molecular weight is 307 g/mol. The van der Waals surface area contributed by atoms with E-state index in [4.69, 9.17) is 5.73 Å². The summed E-state index contributed by atoms with van der Waals surface area (Å²) < 4.78 is 26.8. The van der Waals surface area contributed by atoms with E-state index in [1.807, 2.05) is 31.1 Å². The molecule has 7 heteroatoms. The molecule has 0 bridgehead atoms. The predicted molar refractivity (Wildman–Crippen MR) is 82.7 cm³/mol. The van der Waals surface area contributed by atoms with Crippen LogP contribution in [0.1, 0.15) is 0 Å². The van der Waals surface area contributed by atoms with Gasteiger partial charge in [-0.1, -0.05) is 24.3 Å². The highest BCUT2D eigenvalue weighted by atomic mass is 32.2. The van der Waals surface area contributed by atoms with Gasteiger partial charge in [0.2, 0.25) is 15.9 Å². The molecule has 3 N–H and O–H groups in total. The van der Waals surface area contributed by atoms with Gasteiger partial charge in [0, 0.05) is 30.6 Å². The predicted octanol–water partition coefficient (Wildman–Crippen LogP) is 0.669. The van der Waals surface area contributed by atoms with E-state index in [0.29, 0.717) is 5.39 Å². The Morgan fingerprint density at radius 1 is 1.14 bits per heavy atom. The van der Waals surface area contributed by atoms with Crippen molar-refractivity contribution in [2.45, 2.75) is 4.90 Å². The Morgan fingerprint density at radius 3 is 2.38 bits per heavy atom. The molecule has 112 valence electrons. The van der Waals surface area contributed by atoms with Gasteiger partial charge in [0.1, 0.15) is 0 Å². The van der Waals surface area contributed by atoms with E-state index in [-0.39, 0.29) is 4.90 Å². The lowest BCUT2D eigenvalue weighted by atomic mass is 10.1. The van der Waals surface area contributed by atoms with E-state index < -0.39 is 22.5 Å². The third kappa shape index (κ3) is 3.14. The van der Waals surface area contributed by atoms with Crippen LogP contribution < -0.4 is 15.4 Å². The van der Waals surface area contributed by atoms with Crippen LogP contribution in [0.25, 0.3) is 10.8 Å². The number of fused-ring (bicyclic) bond motifs is 1. The SMILES string of the molecule is CN(C)c1cccc2c(S(=O)(=O)NCC(N)=O)cccc12. The quantitative estimate of drug-likeness (QED) is 0.849. The Kier molecular flexibility index (Phi) is 4.15. The van der Waals surface area contributed by atoms with Gasteiger partial charge in [-0.2, -0.15) is 0 Å². The van der Waals surface area contributed by atoms with Crippen LogP contribution in [-0.4, -0.2) is 35.0 Å². The van der Waals surface area contributed by atoms with Gasteiger partial charge in [0.05, 0.1) is 11.4 Å². The second-order valence-electron chi connectivity index (χ2n) is 4.81. The monoisotopic (exact) mass is 307 g/mol. The van der Waals surface area contributed by atoms with Gasteiger partial charge in [0.15, 0.2) is 0 Å². The maximum Gasteiger partial charge on any atom is 0.241 e. The number of hydrogen-bond donors (Lipinski definition) is 2. The first-order chi connectivity index (χ1) is 9.83. The number of primary amides is 1. The summed E-state index contributed by atoms with van der Waals surface area (Å²) in [5.41, 5.74) is 5.90. The van der Waals surface area contributed by atoms with E-state index in [1.54, 1.807) is 18.2 Å². The maximum absolute atomic E-state index is 12.3. The first kappa shape index (κ1) is 15.3. The number of nitrogens with one attached hydrogen (secondary N) is 1. The van der Waals surface area contributed by atoms with Gasteiger partial charge in [-0.25, -0.2) is 13.1 Å². The van der Waals surface area contributed by atoms with Crippen molar-refractivity contribution in [2.24, 2.45) is 5.73 Å². The van der Waals surface area contributed by atoms with E-state index in [9.17, 15) is 13.2 Å². The van der Waals surface area contributed by atoms with Crippen LogP contribution in [0.5, 0.6) is 0 Å². The van der Waals surface area contributed by atoms with Crippen molar-refractivity contribution >= 4 is 32.4 Å². The van der Waals surface area contributed by atoms with E-state index in [2.05, 4.69) is 4.72 Å². The molecule has 2 aromatic carbocycles. The molecule has 2 rings (SSSR count). The Labute approximate surface area is 123 Å². The zero-order valence-corrected chi connectivity index (χ0v) is 12.6. The molecule has 6 nitrogen and oxygen atoms in total. The van der Waals surface area contributed by atoms with Gasteiger partial charge < -0.3 is 10.6 Å². The minimum absolute atomic E-state index is 0.130. The second-order valence-corrected chi connectivity index (χ2v) is 6.55. The molecule has 2 aromatic rings. The lowest BCUT2D eigenvalue weighted by Gasteiger charge is -2.17. The summed E-state index contributed by atoms with van der Waals surface area (Å²) in [5.74, 6) is -0.729. The maximum atomic E-state index is 12.3. The smallest absolute Gasteiger partial charge is 0.241 e. The molecule has 0 radical (unpaired) electrons. The highest BCUT2D eigenvalue weighted by Crippen LogP contribution is 2.29. The summed E-state index contributed by atoms with van der Waals surface area (Å²) in [4.78, 5) is 12.8. The van der Waals surface area contributed by atoms with Crippen LogP contribution in [0.4, 0.5) is 5.69 Å². The molecule has 0 aromatic heterocycles. The number of benzene rings is 2. The number of carbonyl (C=O) groups is 1. The highest BCUT2D eigenvalue weighted by molar-refractivity contribution is 7.89. The molecule has 0 saturated carbocycles. The van der Waals surface area contributed by atoms with Crippen LogP contribution >= 0.6 is 0 Å². The number of sulfonamides is 1. The van der Waals surface area contributed by atoms with E-state index >= 15 is 0 Å². The Bertz CT molecular complexity index is 785. The molecule has 0 saturated heterocycles. The van der Waals surface area contributed by atoms with Gasteiger partial charge in [-0.15, -0.1) is 0 Å². The molecule has 0 heterocycles. The van der Waals surface area contributed by atoms with Crippen LogP contribution in [-0.2, 0) is 14.8 Å². The van der Waals surface area contributed by atoms with Gasteiger partial charge in [-0.05, 0) is 12.1 Å². The van der Waals surface area contributed by atoms with Crippen LogP contribution in [0.2, 0.25) is 0 Å². The number of rotatable bonds is 5. The summed E-state index contributed by atoms with van der Waals surface area (Å²) >= 11 is 0. The van der Waals surface area contributed by atoms with Crippen LogP contribution in [0.3, 0.4) is 0 Å². The fraction of sp³-hybridized carbons (Fsp3) is 0.214. The second kappa shape index (κ2) is 5.71. The van der Waals surface area contributed by atoms with E-state index in [0.717, 1.165) is 11.1 Å². The molecule has 0 aliphatic carbocycles. The Balaban J connectivity index is 2.60. The molecular weight excluding hydrogens is 290 g/mol. The normalized spacial score (nSPS) is 11.5. The third-order valence-corrected chi connectivity index (χ3v) is 4.53. The van der Waals surface area contributed by atoms with Gasteiger partial charge in [-0.3, -0.25) is 4.79 Å². The minimum Gasteiger partial charge on any atom is -0.377 e.